The minimum Gasteiger partial charge on any atom is -0.370 e. The van der Waals surface area contributed by atoms with E-state index in [0.717, 1.165) is 31.2 Å². The number of aryl methyl sites for hydroxylation is 1. The number of amides is 1. The third-order valence-electron chi connectivity index (χ3n) is 6.95. The van der Waals surface area contributed by atoms with Crippen LogP contribution in [0.15, 0.2) is 29.2 Å². The van der Waals surface area contributed by atoms with Gasteiger partial charge in [-0.1, -0.05) is 6.07 Å². The quantitative estimate of drug-likeness (QED) is 0.403. The topological polar surface area (TPSA) is 126 Å². The number of nitrogens with zero attached hydrogens (tertiary/aromatic N) is 2. The Hall–Kier alpha value is -2.98. The number of pyridine rings is 1. The number of aromatic amines is 1. The van der Waals surface area contributed by atoms with Crippen molar-refractivity contribution in [1.82, 2.24) is 15.0 Å². The first-order chi connectivity index (χ1) is 17.2. The second-order valence-electron chi connectivity index (χ2n) is 11.7. The second-order valence-corrected chi connectivity index (χ2v) is 13.7. The van der Waals surface area contributed by atoms with Crippen molar-refractivity contribution in [2.45, 2.75) is 82.3 Å². The molecule has 2 aliphatic rings. The van der Waals surface area contributed by atoms with Crippen molar-refractivity contribution >= 4 is 44.1 Å². The van der Waals surface area contributed by atoms with Crippen LogP contribution in [-0.2, 0) is 19.4 Å². The van der Waals surface area contributed by atoms with Gasteiger partial charge in [0.05, 0.1) is 27.5 Å². The van der Waals surface area contributed by atoms with Gasteiger partial charge in [0.1, 0.15) is 17.2 Å². The zero-order valence-corrected chi connectivity index (χ0v) is 23.0. The zero-order valence-electron chi connectivity index (χ0n) is 22.2. The summed E-state index contributed by atoms with van der Waals surface area (Å²) < 4.78 is 32.1. The minimum absolute atomic E-state index is 0.0296. The number of imidazole rings is 1. The van der Waals surface area contributed by atoms with Gasteiger partial charge in [-0.15, -0.1) is 0 Å². The van der Waals surface area contributed by atoms with Gasteiger partial charge in [-0.2, -0.15) is 0 Å². The normalized spacial score (nSPS) is 19.6. The molecular weight excluding hydrogens is 490 g/mol. The van der Waals surface area contributed by atoms with Crippen LogP contribution in [-0.4, -0.2) is 46.7 Å². The molecule has 2 fully saturated rings. The highest BCUT2D eigenvalue weighted by Gasteiger charge is 2.40. The number of hydrogen-bond acceptors (Lipinski definition) is 7. The summed E-state index contributed by atoms with van der Waals surface area (Å²) in [6.07, 6.45) is 4.58. The van der Waals surface area contributed by atoms with Gasteiger partial charge < -0.3 is 20.4 Å². The number of nitrogens with one attached hydrogen (secondary N) is 3. The molecule has 10 heteroatoms. The Morgan fingerprint density at radius 2 is 1.73 bits per heavy atom. The van der Waals surface area contributed by atoms with Crippen molar-refractivity contribution < 1.29 is 17.9 Å². The number of ether oxygens (including phenoxy) is 1. The summed E-state index contributed by atoms with van der Waals surface area (Å²) in [6, 6.07) is 7.29. The Morgan fingerprint density at radius 3 is 2.35 bits per heavy atom. The van der Waals surface area contributed by atoms with Crippen LogP contribution in [0.4, 0.5) is 17.2 Å². The number of sulfone groups is 1. The van der Waals surface area contributed by atoms with Crippen LogP contribution in [0.5, 0.6) is 0 Å². The molecule has 198 valence electrons. The maximum atomic E-state index is 12.9. The number of rotatable bonds is 6. The average Bonchev–Trinajstić information content (AvgIpc) is 3.53. The number of aromatic nitrogens is 3. The first kappa shape index (κ1) is 25.7. The monoisotopic (exact) mass is 525 g/mol. The Morgan fingerprint density at radius 1 is 1.05 bits per heavy atom. The Balaban J connectivity index is 1.53. The molecule has 0 unspecified atom stereocenters. The van der Waals surface area contributed by atoms with E-state index in [0.29, 0.717) is 34.2 Å². The second kappa shape index (κ2) is 8.80. The number of carbonyl (C=O) groups excluding carboxylic acids is 1. The van der Waals surface area contributed by atoms with Crippen molar-refractivity contribution in [3.63, 3.8) is 0 Å². The fourth-order valence-electron chi connectivity index (χ4n) is 5.51. The molecule has 1 aliphatic heterocycles. The van der Waals surface area contributed by atoms with Crippen LogP contribution in [0.3, 0.4) is 0 Å². The molecule has 0 radical (unpaired) electrons. The summed E-state index contributed by atoms with van der Waals surface area (Å²) in [4.78, 5) is 24.7. The van der Waals surface area contributed by atoms with Gasteiger partial charge in [0.2, 0.25) is 5.91 Å². The lowest BCUT2D eigenvalue weighted by Gasteiger charge is -2.45. The molecule has 3 aromatic rings. The smallest absolute Gasteiger partial charge is 0.228 e. The molecule has 1 amide bonds. The van der Waals surface area contributed by atoms with Gasteiger partial charge in [-0.3, -0.25) is 4.79 Å². The predicted octanol–water partition coefficient (Wildman–Crippen LogP) is 5.21. The molecule has 9 nitrogen and oxygen atoms in total. The van der Waals surface area contributed by atoms with E-state index in [9.17, 15) is 13.2 Å². The molecular formula is C27H35N5O4S. The number of H-pyrrole nitrogens is 1. The fraction of sp³-hybridized carbons (Fsp3) is 0.519. The third-order valence-corrected chi connectivity index (χ3v) is 8.08. The Labute approximate surface area is 217 Å². The van der Waals surface area contributed by atoms with Crippen LogP contribution in [0, 0.1) is 12.8 Å². The van der Waals surface area contributed by atoms with E-state index in [1.807, 2.05) is 19.1 Å². The lowest BCUT2D eigenvalue weighted by Crippen LogP contribution is -2.44. The van der Waals surface area contributed by atoms with Gasteiger partial charge >= 0.3 is 0 Å². The number of fused-ring (bicyclic) bond motifs is 1. The maximum absolute atomic E-state index is 12.9. The van der Waals surface area contributed by atoms with Gasteiger partial charge in [0, 0.05) is 18.2 Å². The summed E-state index contributed by atoms with van der Waals surface area (Å²) in [6.45, 7) is 10.1. The molecule has 1 aliphatic carbocycles. The number of hydrogen-bond donors (Lipinski definition) is 3. The molecule has 3 N–H and O–H groups in total. The molecule has 5 rings (SSSR count). The molecule has 1 saturated heterocycles. The number of carbonyl (C=O) groups is 1. The van der Waals surface area contributed by atoms with Crippen LogP contribution in [0.2, 0.25) is 0 Å². The Kier molecular flexibility index (Phi) is 6.10. The maximum Gasteiger partial charge on any atom is 0.228 e. The van der Waals surface area contributed by atoms with E-state index in [1.54, 1.807) is 12.1 Å². The number of benzene rings is 1. The molecule has 2 aromatic heterocycles. The highest BCUT2D eigenvalue weighted by molar-refractivity contribution is 7.90. The summed E-state index contributed by atoms with van der Waals surface area (Å²) in [7, 11) is -3.56. The van der Waals surface area contributed by atoms with E-state index in [4.69, 9.17) is 4.74 Å². The molecule has 1 saturated carbocycles. The largest absolute Gasteiger partial charge is 0.370 e. The SMILES string of the molecule is Cc1nc2c(Nc3ccc(C4CC(C)(C)OC(C)(C)C4)cc3S(C)(=O)=O)cc(NC(=O)C3CC3)nc2[nH]1. The van der Waals surface area contributed by atoms with E-state index in [2.05, 4.69) is 53.3 Å². The van der Waals surface area contributed by atoms with Crippen LogP contribution in [0.1, 0.15) is 70.7 Å². The average molecular weight is 526 g/mol. The first-order valence-corrected chi connectivity index (χ1v) is 14.6. The molecule has 0 spiro atoms. The molecule has 37 heavy (non-hydrogen) atoms. The van der Waals surface area contributed by atoms with Crippen molar-refractivity contribution in [3.8, 4) is 0 Å². The van der Waals surface area contributed by atoms with Crippen molar-refractivity contribution in [2.24, 2.45) is 5.92 Å². The van der Waals surface area contributed by atoms with Gasteiger partial charge in [-0.25, -0.2) is 18.4 Å². The lowest BCUT2D eigenvalue weighted by molar-refractivity contribution is -0.161. The molecule has 3 heterocycles. The van der Waals surface area contributed by atoms with Crippen molar-refractivity contribution in [2.75, 3.05) is 16.9 Å². The highest BCUT2D eigenvalue weighted by Crippen LogP contribution is 2.44. The van der Waals surface area contributed by atoms with Crippen LogP contribution < -0.4 is 10.6 Å². The summed E-state index contributed by atoms with van der Waals surface area (Å²) >= 11 is 0. The molecule has 0 atom stereocenters. The summed E-state index contributed by atoms with van der Waals surface area (Å²) in [5.74, 6) is 1.19. The van der Waals surface area contributed by atoms with E-state index in [-0.39, 0.29) is 33.8 Å². The van der Waals surface area contributed by atoms with Crippen molar-refractivity contribution in [1.29, 1.82) is 0 Å². The minimum atomic E-state index is -3.56. The standard InChI is InChI=1S/C27H35N5O4S/c1-15-28-23-20(12-22(31-24(23)29-15)32-25(33)16-7-8-16)30-19-10-9-17(11-21(19)37(6,34)35)18-13-26(2,3)36-27(4,5)14-18/h9-12,16,18H,7-8,13-14H2,1-6H3,(H3,28,29,30,31,32,33). The van der Waals surface area contributed by atoms with Crippen molar-refractivity contribution in [3.05, 3.63) is 35.7 Å². The van der Waals surface area contributed by atoms with Gasteiger partial charge in [-0.05, 0) is 83.9 Å². The first-order valence-electron chi connectivity index (χ1n) is 12.7. The zero-order chi connectivity index (χ0) is 26.8. The van der Waals surface area contributed by atoms with Gasteiger partial charge in [0.15, 0.2) is 15.5 Å². The summed E-state index contributed by atoms with van der Waals surface area (Å²) in [5.41, 5.74) is 2.45. The van der Waals surface area contributed by atoms with Gasteiger partial charge in [0.25, 0.3) is 0 Å². The highest BCUT2D eigenvalue weighted by atomic mass is 32.2. The molecule has 0 bridgehead atoms. The molecule has 1 aromatic carbocycles. The van der Waals surface area contributed by atoms with E-state index >= 15 is 0 Å². The lowest BCUT2D eigenvalue weighted by atomic mass is 9.77. The summed E-state index contributed by atoms with van der Waals surface area (Å²) in [5, 5.41) is 6.15. The van der Waals surface area contributed by atoms with Crippen LogP contribution in [0.25, 0.3) is 11.2 Å². The predicted molar refractivity (Wildman–Crippen MR) is 144 cm³/mol. The fourth-order valence-corrected chi connectivity index (χ4v) is 6.38. The van der Waals surface area contributed by atoms with E-state index < -0.39 is 9.84 Å². The van der Waals surface area contributed by atoms with Crippen LogP contribution >= 0.6 is 0 Å². The Bertz CT molecular complexity index is 1470. The van der Waals surface area contributed by atoms with E-state index in [1.165, 1.54) is 6.26 Å². The number of anilines is 3. The third kappa shape index (κ3) is 5.65.